The van der Waals surface area contributed by atoms with Gasteiger partial charge in [-0.05, 0) is 18.5 Å². The maximum atomic E-state index is 3.62. The van der Waals surface area contributed by atoms with Gasteiger partial charge < -0.3 is 5.32 Å². The molecule has 1 unspecified atom stereocenters. The molecule has 2 nitrogen and oxygen atoms in total. The van der Waals surface area contributed by atoms with E-state index in [1.807, 2.05) is 0 Å². The molecule has 19 heavy (non-hydrogen) atoms. The van der Waals surface area contributed by atoms with Crippen molar-refractivity contribution in [1.29, 1.82) is 0 Å². The maximum absolute atomic E-state index is 3.62. The number of nitrogens with one attached hydrogen (secondary N) is 2. The van der Waals surface area contributed by atoms with E-state index in [0.717, 1.165) is 13.1 Å². The highest BCUT2D eigenvalue weighted by molar-refractivity contribution is 5.14. The van der Waals surface area contributed by atoms with Crippen molar-refractivity contribution < 1.29 is 0 Å². The predicted octanol–water partition coefficient (Wildman–Crippen LogP) is 4.07. The van der Waals surface area contributed by atoms with Gasteiger partial charge in [0.2, 0.25) is 0 Å². The minimum absolute atomic E-state index is 0.451. The lowest BCUT2D eigenvalue weighted by Gasteiger charge is -2.19. The molecule has 1 aromatic carbocycles. The molecular formula is C17H30N2. The molecule has 0 aliphatic carbocycles. The molecule has 108 valence electrons. The summed E-state index contributed by atoms with van der Waals surface area (Å²) < 4.78 is 0. The van der Waals surface area contributed by atoms with E-state index in [0.29, 0.717) is 6.17 Å². The van der Waals surface area contributed by atoms with E-state index in [-0.39, 0.29) is 0 Å². The number of unbranched alkanes of at least 4 members (excludes halogenated alkanes) is 4. The molecular weight excluding hydrogens is 232 g/mol. The molecule has 0 spiro atoms. The van der Waals surface area contributed by atoms with Crippen LogP contribution in [-0.4, -0.2) is 12.7 Å². The third kappa shape index (κ3) is 8.02. The molecule has 0 bridgehead atoms. The fraction of sp³-hybridized carbons (Fsp3) is 0.647. The summed E-state index contributed by atoms with van der Waals surface area (Å²) in [5.41, 5.74) is 1.36. The molecule has 0 aliphatic rings. The number of hydrogen-bond donors (Lipinski definition) is 2. The van der Waals surface area contributed by atoms with Crippen LogP contribution < -0.4 is 10.6 Å². The van der Waals surface area contributed by atoms with Crippen molar-refractivity contribution in [3.63, 3.8) is 0 Å². The Hall–Kier alpha value is -0.860. The van der Waals surface area contributed by atoms with Crippen LogP contribution in [0.4, 0.5) is 0 Å². The van der Waals surface area contributed by atoms with E-state index >= 15 is 0 Å². The second-order valence-electron chi connectivity index (χ2n) is 5.18. The van der Waals surface area contributed by atoms with E-state index < -0.39 is 0 Å². The summed E-state index contributed by atoms with van der Waals surface area (Å²) in [6, 6.07) is 10.6. The van der Waals surface area contributed by atoms with E-state index in [1.54, 1.807) is 0 Å². The van der Waals surface area contributed by atoms with Crippen LogP contribution >= 0.6 is 0 Å². The van der Waals surface area contributed by atoms with Crippen molar-refractivity contribution in [2.75, 3.05) is 6.54 Å². The van der Waals surface area contributed by atoms with Crippen molar-refractivity contribution >= 4 is 0 Å². The topological polar surface area (TPSA) is 24.1 Å². The zero-order valence-corrected chi connectivity index (χ0v) is 12.6. The number of benzene rings is 1. The normalized spacial score (nSPS) is 12.5. The number of hydrogen-bond acceptors (Lipinski definition) is 2. The second kappa shape index (κ2) is 11.0. The van der Waals surface area contributed by atoms with Gasteiger partial charge in [-0.2, -0.15) is 0 Å². The lowest BCUT2D eigenvalue weighted by atomic mass is 10.1. The molecule has 0 fully saturated rings. The smallest absolute Gasteiger partial charge is 0.0574 e. The Balaban J connectivity index is 2.20. The van der Waals surface area contributed by atoms with Crippen molar-refractivity contribution in [2.45, 2.75) is 65.1 Å². The van der Waals surface area contributed by atoms with Crippen LogP contribution in [0.2, 0.25) is 0 Å². The summed E-state index contributed by atoms with van der Waals surface area (Å²) in [7, 11) is 0. The second-order valence-corrected chi connectivity index (χ2v) is 5.18. The van der Waals surface area contributed by atoms with Crippen LogP contribution in [-0.2, 0) is 6.54 Å². The highest BCUT2D eigenvalue weighted by atomic mass is 15.1. The molecule has 1 aromatic rings. The van der Waals surface area contributed by atoms with Crippen LogP contribution in [0.5, 0.6) is 0 Å². The van der Waals surface area contributed by atoms with Crippen LogP contribution in [0.1, 0.15) is 57.9 Å². The average Bonchev–Trinajstić information content (AvgIpc) is 2.45. The van der Waals surface area contributed by atoms with Gasteiger partial charge >= 0.3 is 0 Å². The molecule has 0 amide bonds. The standard InChI is InChI=1S/C17H30N2/c1-3-5-6-7-11-14-17(18-4-2)19-15-16-12-9-8-10-13-16/h8-10,12-13,17-19H,3-7,11,14-15H2,1-2H3. The summed E-state index contributed by atoms with van der Waals surface area (Å²) >= 11 is 0. The summed E-state index contributed by atoms with van der Waals surface area (Å²) in [6.45, 7) is 6.42. The Morgan fingerprint density at radius 1 is 0.895 bits per heavy atom. The zero-order chi connectivity index (χ0) is 13.8. The minimum atomic E-state index is 0.451. The predicted molar refractivity (Wildman–Crippen MR) is 84.1 cm³/mol. The van der Waals surface area contributed by atoms with Gasteiger partial charge in [0.15, 0.2) is 0 Å². The summed E-state index contributed by atoms with van der Waals surface area (Å²) in [5, 5.41) is 7.15. The van der Waals surface area contributed by atoms with E-state index in [1.165, 1.54) is 44.1 Å². The molecule has 0 aromatic heterocycles. The molecule has 0 aliphatic heterocycles. The van der Waals surface area contributed by atoms with Crippen LogP contribution in [0.15, 0.2) is 30.3 Å². The molecule has 0 radical (unpaired) electrons. The van der Waals surface area contributed by atoms with Gasteiger partial charge in [0, 0.05) is 6.54 Å². The quantitative estimate of drug-likeness (QED) is 0.464. The van der Waals surface area contributed by atoms with Gasteiger partial charge in [0.25, 0.3) is 0 Å². The van der Waals surface area contributed by atoms with Crippen molar-refractivity contribution in [2.24, 2.45) is 0 Å². The fourth-order valence-corrected chi connectivity index (χ4v) is 2.31. The van der Waals surface area contributed by atoms with E-state index in [4.69, 9.17) is 0 Å². The third-order valence-corrected chi connectivity index (χ3v) is 3.44. The Kier molecular flexibility index (Phi) is 9.38. The fourth-order valence-electron chi connectivity index (χ4n) is 2.31. The molecule has 2 N–H and O–H groups in total. The van der Waals surface area contributed by atoms with Gasteiger partial charge in [0.1, 0.15) is 0 Å². The van der Waals surface area contributed by atoms with Gasteiger partial charge in [-0.25, -0.2) is 0 Å². The summed E-state index contributed by atoms with van der Waals surface area (Å²) in [4.78, 5) is 0. The lowest BCUT2D eigenvalue weighted by molar-refractivity contribution is 0.391. The lowest BCUT2D eigenvalue weighted by Crippen LogP contribution is -2.41. The van der Waals surface area contributed by atoms with E-state index in [9.17, 15) is 0 Å². The molecule has 0 saturated carbocycles. The minimum Gasteiger partial charge on any atom is -0.302 e. The maximum Gasteiger partial charge on any atom is 0.0574 e. The third-order valence-electron chi connectivity index (χ3n) is 3.44. The molecule has 0 heterocycles. The highest BCUT2D eigenvalue weighted by Crippen LogP contribution is 2.07. The number of rotatable bonds is 11. The molecule has 1 atom stereocenters. The average molecular weight is 262 g/mol. The molecule has 0 saturated heterocycles. The van der Waals surface area contributed by atoms with Crippen molar-refractivity contribution in [1.82, 2.24) is 10.6 Å². The SMILES string of the molecule is CCCCCCCC(NCC)NCc1ccccc1. The van der Waals surface area contributed by atoms with Gasteiger partial charge in [-0.1, -0.05) is 76.3 Å². The van der Waals surface area contributed by atoms with Crippen LogP contribution in [0.3, 0.4) is 0 Å². The Morgan fingerprint density at radius 3 is 2.32 bits per heavy atom. The van der Waals surface area contributed by atoms with E-state index in [2.05, 4.69) is 54.8 Å². The van der Waals surface area contributed by atoms with Crippen LogP contribution in [0.25, 0.3) is 0 Å². The summed E-state index contributed by atoms with van der Waals surface area (Å²) in [5.74, 6) is 0. The van der Waals surface area contributed by atoms with Gasteiger partial charge in [-0.3, -0.25) is 5.32 Å². The van der Waals surface area contributed by atoms with Gasteiger partial charge in [0.05, 0.1) is 6.17 Å². The van der Waals surface area contributed by atoms with Gasteiger partial charge in [-0.15, -0.1) is 0 Å². The first kappa shape index (κ1) is 16.2. The van der Waals surface area contributed by atoms with Crippen molar-refractivity contribution in [3.05, 3.63) is 35.9 Å². The summed E-state index contributed by atoms with van der Waals surface area (Å²) in [6.07, 6.45) is 8.44. The monoisotopic (exact) mass is 262 g/mol. The zero-order valence-electron chi connectivity index (χ0n) is 12.6. The van der Waals surface area contributed by atoms with Crippen molar-refractivity contribution in [3.8, 4) is 0 Å². The Labute approximate surface area is 119 Å². The first-order valence-electron chi connectivity index (χ1n) is 7.87. The molecule has 1 rings (SSSR count). The first-order chi connectivity index (χ1) is 9.36. The Morgan fingerprint density at radius 2 is 1.63 bits per heavy atom. The first-order valence-corrected chi connectivity index (χ1v) is 7.87. The van der Waals surface area contributed by atoms with Crippen LogP contribution in [0, 0.1) is 0 Å². The molecule has 2 heteroatoms. The Bertz CT molecular complexity index is 297. The highest BCUT2D eigenvalue weighted by Gasteiger charge is 2.05. The largest absolute Gasteiger partial charge is 0.302 e.